The van der Waals surface area contributed by atoms with Crippen molar-refractivity contribution in [3.8, 4) is 0 Å². The summed E-state index contributed by atoms with van der Waals surface area (Å²) in [6.45, 7) is 8.31. The molecule has 0 atom stereocenters. The highest BCUT2D eigenvalue weighted by Gasteiger charge is 2.51. The van der Waals surface area contributed by atoms with Crippen molar-refractivity contribution in [3.05, 3.63) is 24.3 Å². The fourth-order valence-electron chi connectivity index (χ4n) is 2.24. The Kier molecular flexibility index (Phi) is 4.54. The molecule has 1 aromatic rings. The predicted molar refractivity (Wildman–Crippen MR) is 87.4 cm³/mol. The smallest absolute Gasteiger partial charge is 0.468 e. The van der Waals surface area contributed by atoms with E-state index in [0.717, 1.165) is 11.2 Å². The van der Waals surface area contributed by atoms with Crippen molar-refractivity contribution in [3.63, 3.8) is 0 Å². The third-order valence-corrected chi connectivity index (χ3v) is 4.43. The molecule has 0 amide bonds. The summed E-state index contributed by atoms with van der Waals surface area (Å²) in [7, 11) is 2.83. The first kappa shape index (κ1) is 16.8. The second kappa shape index (κ2) is 5.93. The SMILES string of the molecule is COC(=O)CN(C)c1cccc(B2OC(C)(C)C(C)(C)O2)c1. The number of likely N-dealkylation sites (N-methyl/N-ethyl adjacent to an activating group) is 1. The zero-order valence-electron chi connectivity index (χ0n) is 14.2. The molecule has 1 heterocycles. The van der Waals surface area contributed by atoms with Crippen LogP contribution in [0, 0.1) is 0 Å². The van der Waals surface area contributed by atoms with Gasteiger partial charge in [-0.05, 0) is 45.3 Å². The van der Waals surface area contributed by atoms with E-state index in [-0.39, 0.29) is 23.7 Å². The molecule has 2 rings (SSSR count). The Morgan fingerprint density at radius 1 is 1.23 bits per heavy atom. The molecule has 22 heavy (non-hydrogen) atoms. The number of rotatable bonds is 4. The standard InChI is InChI=1S/C16H24BNO4/c1-15(2)16(3,4)22-17(21-15)12-8-7-9-13(10-12)18(5)11-14(19)20-6/h7-10H,11H2,1-6H3. The van der Waals surface area contributed by atoms with E-state index >= 15 is 0 Å². The Balaban J connectivity index is 2.18. The Bertz CT molecular complexity index is 543. The maximum Gasteiger partial charge on any atom is 0.494 e. The van der Waals surface area contributed by atoms with Crippen LogP contribution in [0.2, 0.25) is 0 Å². The number of hydrogen-bond acceptors (Lipinski definition) is 5. The lowest BCUT2D eigenvalue weighted by Crippen LogP contribution is -2.41. The molecule has 0 aliphatic carbocycles. The summed E-state index contributed by atoms with van der Waals surface area (Å²) >= 11 is 0. The number of anilines is 1. The normalized spacial score (nSPS) is 19.1. The van der Waals surface area contributed by atoms with Crippen LogP contribution < -0.4 is 10.4 Å². The Morgan fingerprint density at radius 2 is 1.82 bits per heavy atom. The molecular weight excluding hydrogens is 281 g/mol. The number of carbonyl (C=O) groups excluding carboxylic acids is 1. The Labute approximate surface area is 132 Å². The molecule has 0 N–H and O–H groups in total. The minimum atomic E-state index is -0.406. The van der Waals surface area contributed by atoms with E-state index < -0.39 is 7.12 Å². The van der Waals surface area contributed by atoms with E-state index in [0.29, 0.717) is 0 Å². The molecule has 5 nitrogen and oxygen atoms in total. The molecule has 0 bridgehead atoms. The summed E-state index contributed by atoms with van der Waals surface area (Å²) in [6, 6.07) is 7.82. The number of hydrogen-bond donors (Lipinski definition) is 0. The van der Waals surface area contributed by atoms with Crippen molar-refractivity contribution in [1.29, 1.82) is 0 Å². The minimum absolute atomic E-state index is 0.198. The third-order valence-electron chi connectivity index (χ3n) is 4.43. The first-order valence-electron chi connectivity index (χ1n) is 7.40. The number of carbonyl (C=O) groups is 1. The average Bonchev–Trinajstić information content (AvgIpc) is 2.67. The lowest BCUT2D eigenvalue weighted by Gasteiger charge is -2.32. The molecule has 0 radical (unpaired) electrons. The summed E-state index contributed by atoms with van der Waals surface area (Å²) in [4.78, 5) is 13.2. The van der Waals surface area contributed by atoms with Crippen LogP contribution in [-0.2, 0) is 18.8 Å². The van der Waals surface area contributed by atoms with Crippen molar-refractivity contribution < 1.29 is 18.8 Å². The van der Waals surface area contributed by atoms with E-state index in [1.807, 2.05) is 63.9 Å². The van der Waals surface area contributed by atoms with Gasteiger partial charge < -0.3 is 18.9 Å². The fraction of sp³-hybridized carbons (Fsp3) is 0.562. The second-order valence-electron chi connectivity index (χ2n) is 6.62. The predicted octanol–water partition coefficient (Wildman–Crippen LogP) is 1.59. The first-order valence-corrected chi connectivity index (χ1v) is 7.40. The third kappa shape index (κ3) is 3.28. The molecule has 0 saturated carbocycles. The zero-order chi connectivity index (χ0) is 16.5. The zero-order valence-corrected chi connectivity index (χ0v) is 14.2. The van der Waals surface area contributed by atoms with Crippen LogP contribution in [0.25, 0.3) is 0 Å². The fourth-order valence-corrected chi connectivity index (χ4v) is 2.24. The van der Waals surface area contributed by atoms with Crippen LogP contribution in [0.3, 0.4) is 0 Å². The van der Waals surface area contributed by atoms with Crippen LogP contribution in [0.5, 0.6) is 0 Å². The van der Waals surface area contributed by atoms with Gasteiger partial charge in [-0.15, -0.1) is 0 Å². The van der Waals surface area contributed by atoms with Gasteiger partial charge >= 0.3 is 13.1 Å². The van der Waals surface area contributed by atoms with Gasteiger partial charge in [0.1, 0.15) is 6.54 Å². The number of esters is 1. The van der Waals surface area contributed by atoms with Gasteiger partial charge in [0, 0.05) is 12.7 Å². The van der Waals surface area contributed by atoms with Crippen LogP contribution in [0.15, 0.2) is 24.3 Å². The number of nitrogens with zero attached hydrogens (tertiary/aromatic N) is 1. The average molecular weight is 305 g/mol. The molecule has 1 aliphatic rings. The van der Waals surface area contributed by atoms with E-state index in [2.05, 4.69) is 0 Å². The van der Waals surface area contributed by atoms with Crippen molar-refractivity contribution in [2.75, 3.05) is 25.6 Å². The highest BCUT2D eigenvalue weighted by molar-refractivity contribution is 6.62. The lowest BCUT2D eigenvalue weighted by molar-refractivity contribution is -0.138. The molecule has 0 aromatic heterocycles. The van der Waals surface area contributed by atoms with Gasteiger partial charge in [0.25, 0.3) is 0 Å². The first-order chi connectivity index (χ1) is 10.2. The van der Waals surface area contributed by atoms with E-state index in [1.165, 1.54) is 7.11 Å². The number of ether oxygens (including phenoxy) is 1. The molecule has 0 unspecified atom stereocenters. The Hall–Kier alpha value is -1.53. The van der Waals surface area contributed by atoms with Crippen LogP contribution >= 0.6 is 0 Å². The summed E-state index contributed by atoms with van der Waals surface area (Å²) in [6.07, 6.45) is 0. The topological polar surface area (TPSA) is 48.0 Å². The molecule has 120 valence electrons. The molecule has 1 aromatic carbocycles. The molecule has 1 aliphatic heterocycles. The number of methoxy groups -OCH3 is 1. The monoisotopic (exact) mass is 305 g/mol. The van der Waals surface area contributed by atoms with Gasteiger partial charge in [-0.3, -0.25) is 4.79 Å². The number of benzene rings is 1. The molecule has 1 saturated heterocycles. The quantitative estimate of drug-likeness (QED) is 0.624. The van der Waals surface area contributed by atoms with Crippen LogP contribution in [0.4, 0.5) is 5.69 Å². The van der Waals surface area contributed by atoms with Crippen molar-refractivity contribution in [1.82, 2.24) is 0 Å². The van der Waals surface area contributed by atoms with Crippen molar-refractivity contribution in [2.45, 2.75) is 38.9 Å². The van der Waals surface area contributed by atoms with Gasteiger partial charge in [-0.2, -0.15) is 0 Å². The molecule has 6 heteroatoms. The van der Waals surface area contributed by atoms with Gasteiger partial charge in [0.05, 0.1) is 18.3 Å². The largest absolute Gasteiger partial charge is 0.494 e. The maximum absolute atomic E-state index is 11.4. The lowest BCUT2D eigenvalue weighted by atomic mass is 9.79. The summed E-state index contributed by atoms with van der Waals surface area (Å²) in [5.74, 6) is -0.275. The van der Waals surface area contributed by atoms with Gasteiger partial charge in [-0.1, -0.05) is 12.1 Å². The van der Waals surface area contributed by atoms with Gasteiger partial charge in [-0.25, -0.2) is 0 Å². The second-order valence-corrected chi connectivity index (χ2v) is 6.62. The van der Waals surface area contributed by atoms with Crippen LogP contribution in [0.1, 0.15) is 27.7 Å². The highest BCUT2D eigenvalue weighted by Crippen LogP contribution is 2.36. The minimum Gasteiger partial charge on any atom is -0.468 e. The van der Waals surface area contributed by atoms with Gasteiger partial charge in [0.15, 0.2) is 0 Å². The van der Waals surface area contributed by atoms with Crippen molar-refractivity contribution in [2.24, 2.45) is 0 Å². The molecule has 0 spiro atoms. The molecule has 1 fully saturated rings. The summed E-state index contributed by atoms with van der Waals surface area (Å²) in [5.41, 5.74) is 1.11. The molecular formula is C16H24BNO4. The van der Waals surface area contributed by atoms with E-state index in [4.69, 9.17) is 14.0 Å². The van der Waals surface area contributed by atoms with E-state index in [9.17, 15) is 4.79 Å². The maximum atomic E-state index is 11.4. The Morgan fingerprint density at radius 3 is 2.36 bits per heavy atom. The van der Waals surface area contributed by atoms with Crippen molar-refractivity contribution >= 4 is 24.2 Å². The van der Waals surface area contributed by atoms with Gasteiger partial charge in [0.2, 0.25) is 0 Å². The summed E-state index contributed by atoms with van der Waals surface area (Å²) < 4.78 is 16.8. The highest BCUT2D eigenvalue weighted by atomic mass is 16.7. The van der Waals surface area contributed by atoms with E-state index in [1.54, 1.807) is 0 Å². The summed E-state index contributed by atoms with van der Waals surface area (Å²) in [5, 5.41) is 0. The van der Waals surface area contributed by atoms with Crippen LogP contribution in [-0.4, -0.2) is 45.0 Å².